The van der Waals surface area contributed by atoms with Crippen LogP contribution >= 0.6 is 0 Å². The maximum absolute atomic E-state index is 11.0. The molecule has 1 heterocycles. The van der Waals surface area contributed by atoms with Crippen LogP contribution in [0.4, 0.5) is 0 Å². The first-order chi connectivity index (χ1) is 6.71. The third-order valence-corrected chi connectivity index (χ3v) is 2.73. The number of rotatable bonds is 1. The average Bonchev–Trinajstić information content (AvgIpc) is 2.24. The zero-order chi connectivity index (χ0) is 10.0. The Bertz CT molecular complexity index is 327. The monoisotopic (exact) mass is 192 g/mol. The van der Waals surface area contributed by atoms with Crippen LogP contribution in [0.1, 0.15) is 31.2 Å². The van der Waals surface area contributed by atoms with Crippen molar-refractivity contribution in [3.05, 3.63) is 24.3 Å². The van der Waals surface area contributed by atoms with Crippen LogP contribution in [0.5, 0.6) is 0 Å². The van der Waals surface area contributed by atoms with Crippen molar-refractivity contribution in [2.75, 3.05) is 0 Å². The Kier molecular flexibility index (Phi) is 2.29. The highest BCUT2D eigenvalue weighted by molar-refractivity contribution is 5.79. The molecule has 0 bridgehead atoms. The minimum Gasteiger partial charge on any atom is -0.385 e. The van der Waals surface area contributed by atoms with Gasteiger partial charge in [-0.15, -0.1) is 0 Å². The molecule has 0 amide bonds. The van der Waals surface area contributed by atoms with E-state index in [1.807, 2.05) is 0 Å². The smallest absolute Gasteiger partial charge is 0.133 e. The van der Waals surface area contributed by atoms with Gasteiger partial charge in [0.25, 0.3) is 0 Å². The van der Waals surface area contributed by atoms with Crippen molar-refractivity contribution >= 4 is 5.78 Å². The third kappa shape index (κ3) is 1.65. The topological polar surface area (TPSA) is 63.1 Å². The molecule has 1 aliphatic carbocycles. The zero-order valence-corrected chi connectivity index (χ0v) is 7.81. The van der Waals surface area contributed by atoms with Crippen LogP contribution in [0.3, 0.4) is 0 Å². The van der Waals surface area contributed by atoms with E-state index < -0.39 is 5.60 Å². The molecular formula is C10H12N2O2. The Morgan fingerprint density at radius 3 is 2.36 bits per heavy atom. The van der Waals surface area contributed by atoms with Crippen molar-refractivity contribution in [2.24, 2.45) is 0 Å². The molecule has 1 N–H and O–H groups in total. The second-order valence-corrected chi connectivity index (χ2v) is 3.70. The van der Waals surface area contributed by atoms with Gasteiger partial charge in [0.2, 0.25) is 0 Å². The number of carbonyl (C=O) groups is 1. The van der Waals surface area contributed by atoms with Crippen LogP contribution in [-0.4, -0.2) is 20.9 Å². The molecule has 1 saturated carbocycles. The van der Waals surface area contributed by atoms with E-state index in [2.05, 4.69) is 9.97 Å². The van der Waals surface area contributed by atoms with E-state index in [9.17, 15) is 9.90 Å². The lowest BCUT2D eigenvalue weighted by atomic mass is 9.80. The predicted octanol–water partition coefficient (Wildman–Crippen LogP) is 0.807. The first-order valence-corrected chi connectivity index (χ1v) is 4.70. The molecule has 0 saturated heterocycles. The summed E-state index contributed by atoms with van der Waals surface area (Å²) in [4.78, 5) is 18.8. The highest BCUT2D eigenvalue weighted by atomic mass is 16.3. The van der Waals surface area contributed by atoms with E-state index in [0.717, 1.165) is 0 Å². The van der Waals surface area contributed by atoms with Crippen molar-refractivity contribution in [3.8, 4) is 0 Å². The molecule has 0 spiro atoms. The molecule has 14 heavy (non-hydrogen) atoms. The van der Waals surface area contributed by atoms with Gasteiger partial charge in [0.1, 0.15) is 12.1 Å². The summed E-state index contributed by atoms with van der Waals surface area (Å²) in [7, 11) is 0. The van der Waals surface area contributed by atoms with Gasteiger partial charge in [-0.2, -0.15) is 0 Å². The van der Waals surface area contributed by atoms with Gasteiger partial charge in [0.05, 0.1) is 5.60 Å². The van der Waals surface area contributed by atoms with Crippen LogP contribution in [0.25, 0.3) is 0 Å². The van der Waals surface area contributed by atoms with Crippen molar-refractivity contribution in [2.45, 2.75) is 31.3 Å². The number of aromatic nitrogens is 2. The lowest BCUT2D eigenvalue weighted by molar-refractivity contribution is -0.125. The van der Waals surface area contributed by atoms with Gasteiger partial charge in [-0.3, -0.25) is 4.79 Å². The summed E-state index contributed by atoms with van der Waals surface area (Å²) in [5, 5.41) is 10.2. The zero-order valence-electron chi connectivity index (χ0n) is 7.81. The van der Waals surface area contributed by atoms with Gasteiger partial charge in [-0.1, -0.05) is 0 Å². The number of ketones is 1. The van der Waals surface area contributed by atoms with E-state index in [1.54, 1.807) is 12.4 Å². The number of carbonyl (C=O) groups excluding carboxylic acids is 1. The number of Topliss-reactive ketones (excluding diaryl/α,β-unsaturated/α-hetero) is 1. The number of nitrogens with zero attached hydrogens (tertiary/aromatic N) is 2. The van der Waals surface area contributed by atoms with E-state index in [1.165, 1.54) is 6.33 Å². The van der Waals surface area contributed by atoms with Crippen LogP contribution in [0.2, 0.25) is 0 Å². The molecule has 1 aromatic rings. The molecule has 74 valence electrons. The maximum Gasteiger partial charge on any atom is 0.133 e. The van der Waals surface area contributed by atoms with Crippen molar-refractivity contribution in [3.63, 3.8) is 0 Å². The second kappa shape index (κ2) is 3.46. The summed E-state index contributed by atoms with van der Waals surface area (Å²) < 4.78 is 0. The summed E-state index contributed by atoms with van der Waals surface area (Å²) in [5.74, 6) is 0.228. The largest absolute Gasteiger partial charge is 0.385 e. The average molecular weight is 192 g/mol. The molecule has 4 nitrogen and oxygen atoms in total. The number of hydrogen-bond donors (Lipinski definition) is 1. The molecule has 0 aromatic carbocycles. The molecule has 0 aliphatic heterocycles. The standard InChI is InChI=1S/C10H12N2O2/c13-9-1-3-10(14,4-2-9)8-5-11-7-12-6-8/h5-7,14H,1-4H2. The van der Waals surface area contributed by atoms with Crippen molar-refractivity contribution in [1.82, 2.24) is 9.97 Å². The SMILES string of the molecule is O=C1CCC(O)(c2cncnc2)CC1. The van der Waals surface area contributed by atoms with Gasteiger partial charge in [-0.05, 0) is 12.8 Å². The molecular weight excluding hydrogens is 180 g/mol. The quantitative estimate of drug-likeness (QED) is 0.715. The summed E-state index contributed by atoms with van der Waals surface area (Å²) in [5.41, 5.74) is -0.178. The molecule has 0 unspecified atom stereocenters. The van der Waals surface area contributed by atoms with E-state index in [0.29, 0.717) is 31.2 Å². The van der Waals surface area contributed by atoms with E-state index in [4.69, 9.17) is 0 Å². The first-order valence-electron chi connectivity index (χ1n) is 4.70. The van der Waals surface area contributed by atoms with Crippen LogP contribution in [0, 0.1) is 0 Å². The molecule has 1 aliphatic rings. The van der Waals surface area contributed by atoms with E-state index >= 15 is 0 Å². The maximum atomic E-state index is 11.0. The Morgan fingerprint density at radius 2 is 1.79 bits per heavy atom. The lowest BCUT2D eigenvalue weighted by Gasteiger charge is -2.31. The van der Waals surface area contributed by atoms with Gasteiger partial charge >= 0.3 is 0 Å². The van der Waals surface area contributed by atoms with Gasteiger partial charge < -0.3 is 5.11 Å². The third-order valence-electron chi connectivity index (χ3n) is 2.73. The Hall–Kier alpha value is -1.29. The van der Waals surface area contributed by atoms with Crippen molar-refractivity contribution in [1.29, 1.82) is 0 Å². The summed E-state index contributed by atoms with van der Waals surface area (Å²) in [6.07, 6.45) is 6.53. The molecule has 0 radical (unpaired) electrons. The summed E-state index contributed by atoms with van der Waals surface area (Å²) in [6, 6.07) is 0. The van der Waals surface area contributed by atoms with Crippen LogP contribution in [-0.2, 0) is 10.4 Å². The molecule has 0 atom stereocenters. The van der Waals surface area contributed by atoms with Gasteiger partial charge in [0.15, 0.2) is 0 Å². The van der Waals surface area contributed by atoms with Gasteiger partial charge in [-0.25, -0.2) is 9.97 Å². The minimum absolute atomic E-state index is 0.228. The van der Waals surface area contributed by atoms with Crippen LogP contribution in [0.15, 0.2) is 18.7 Å². The lowest BCUT2D eigenvalue weighted by Crippen LogP contribution is -2.31. The molecule has 4 heteroatoms. The minimum atomic E-state index is -0.894. The van der Waals surface area contributed by atoms with Crippen molar-refractivity contribution < 1.29 is 9.90 Å². The molecule has 1 aromatic heterocycles. The Morgan fingerprint density at radius 1 is 1.21 bits per heavy atom. The molecule has 2 rings (SSSR count). The van der Waals surface area contributed by atoms with Crippen LogP contribution < -0.4 is 0 Å². The Balaban J connectivity index is 2.21. The van der Waals surface area contributed by atoms with E-state index in [-0.39, 0.29) is 5.78 Å². The molecule has 1 fully saturated rings. The first kappa shape index (κ1) is 9.27. The fourth-order valence-corrected chi connectivity index (χ4v) is 1.77. The second-order valence-electron chi connectivity index (χ2n) is 3.70. The normalized spacial score (nSPS) is 20.8. The fraction of sp³-hybridized carbons (Fsp3) is 0.500. The number of aliphatic hydroxyl groups is 1. The van der Waals surface area contributed by atoms with Gasteiger partial charge in [0, 0.05) is 30.8 Å². The number of hydrogen-bond acceptors (Lipinski definition) is 4. The Labute approximate surface area is 82.0 Å². The highest BCUT2D eigenvalue weighted by Crippen LogP contribution is 2.34. The predicted molar refractivity (Wildman–Crippen MR) is 49.4 cm³/mol. The summed E-state index contributed by atoms with van der Waals surface area (Å²) in [6.45, 7) is 0. The fourth-order valence-electron chi connectivity index (χ4n) is 1.77. The summed E-state index contributed by atoms with van der Waals surface area (Å²) >= 11 is 0. The highest BCUT2D eigenvalue weighted by Gasteiger charge is 2.34.